The van der Waals surface area contributed by atoms with Gasteiger partial charge in [0.2, 0.25) is 0 Å². The van der Waals surface area contributed by atoms with Crippen molar-refractivity contribution in [3.05, 3.63) is 42.7 Å². The molecule has 7 nitrogen and oxygen atoms in total. The van der Waals surface area contributed by atoms with Gasteiger partial charge in [-0.2, -0.15) is 0 Å². The van der Waals surface area contributed by atoms with Gasteiger partial charge in [0.25, 0.3) is 0 Å². The molecule has 2 aromatic rings. The Balaban J connectivity index is 1.61. The number of rotatable bonds is 4. The van der Waals surface area contributed by atoms with Gasteiger partial charge in [0.1, 0.15) is 18.0 Å². The number of benzene rings is 1. The number of nitrogens with two attached hydrogens (primary N) is 1. The van der Waals surface area contributed by atoms with Crippen LogP contribution in [-0.4, -0.2) is 55.1 Å². The summed E-state index contributed by atoms with van der Waals surface area (Å²) < 4.78 is 24.6. The van der Waals surface area contributed by atoms with Gasteiger partial charge < -0.3 is 15.5 Å². The predicted octanol–water partition coefficient (Wildman–Crippen LogP) is 1.20. The summed E-state index contributed by atoms with van der Waals surface area (Å²) in [5.74, 6) is 1.63. The number of hydrogen-bond donors (Lipinski definition) is 1. The SMILES string of the molecule is CCN(c1ccccc1)c1cc(N2C[C@H]3[C@@H](C2)S(=O)(=O)C[C@@H]3N)ncn1. The van der Waals surface area contributed by atoms with E-state index < -0.39 is 9.84 Å². The van der Waals surface area contributed by atoms with Crippen molar-refractivity contribution in [2.45, 2.75) is 18.2 Å². The third-order valence-corrected chi connectivity index (χ3v) is 7.64. The van der Waals surface area contributed by atoms with E-state index in [0.29, 0.717) is 13.1 Å². The van der Waals surface area contributed by atoms with E-state index in [1.165, 1.54) is 0 Å². The molecule has 138 valence electrons. The van der Waals surface area contributed by atoms with E-state index in [9.17, 15) is 8.42 Å². The van der Waals surface area contributed by atoms with E-state index in [1.54, 1.807) is 6.33 Å². The highest BCUT2D eigenvalue weighted by molar-refractivity contribution is 7.92. The zero-order chi connectivity index (χ0) is 18.3. The van der Waals surface area contributed by atoms with Crippen molar-refractivity contribution in [1.29, 1.82) is 0 Å². The minimum atomic E-state index is -3.11. The smallest absolute Gasteiger partial charge is 0.156 e. The second kappa shape index (κ2) is 6.51. The molecule has 2 aliphatic heterocycles. The van der Waals surface area contributed by atoms with Gasteiger partial charge in [0.15, 0.2) is 9.84 Å². The van der Waals surface area contributed by atoms with Crippen LogP contribution in [0.2, 0.25) is 0 Å². The van der Waals surface area contributed by atoms with Crippen LogP contribution in [0, 0.1) is 5.92 Å². The Labute approximate surface area is 153 Å². The zero-order valence-corrected chi connectivity index (χ0v) is 15.5. The molecule has 0 radical (unpaired) electrons. The summed E-state index contributed by atoms with van der Waals surface area (Å²) in [5.41, 5.74) is 7.12. The van der Waals surface area contributed by atoms with E-state index in [-0.39, 0.29) is 23.0 Å². The van der Waals surface area contributed by atoms with Crippen LogP contribution in [0.3, 0.4) is 0 Å². The number of para-hydroxylation sites is 1. The van der Waals surface area contributed by atoms with Crippen LogP contribution >= 0.6 is 0 Å². The number of aromatic nitrogens is 2. The van der Waals surface area contributed by atoms with E-state index in [1.807, 2.05) is 41.3 Å². The first kappa shape index (κ1) is 17.2. The number of fused-ring (bicyclic) bond motifs is 1. The minimum absolute atomic E-state index is 0.0187. The van der Waals surface area contributed by atoms with Crippen molar-refractivity contribution in [3.8, 4) is 0 Å². The first-order valence-electron chi connectivity index (χ1n) is 8.86. The maximum absolute atomic E-state index is 12.3. The molecule has 4 rings (SSSR count). The summed E-state index contributed by atoms with van der Waals surface area (Å²) in [4.78, 5) is 12.9. The Kier molecular flexibility index (Phi) is 4.32. The Morgan fingerprint density at radius 2 is 2.00 bits per heavy atom. The van der Waals surface area contributed by atoms with Gasteiger partial charge >= 0.3 is 0 Å². The third-order valence-electron chi connectivity index (χ3n) is 5.37. The summed E-state index contributed by atoms with van der Waals surface area (Å²) in [6, 6.07) is 11.7. The molecule has 1 aromatic heterocycles. The fourth-order valence-electron chi connectivity index (χ4n) is 4.04. The first-order valence-corrected chi connectivity index (χ1v) is 10.6. The van der Waals surface area contributed by atoms with Crippen molar-refractivity contribution in [2.75, 3.05) is 35.2 Å². The Hall–Kier alpha value is -2.19. The van der Waals surface area contributed by atoms with Crippen LogP contribution in [0.25, 0.3) is 0 Å². The summed E-state index contributed by atoms with van der Waals surface area (Å²) in [5, 5.41) is -0.382. The van der Waals surface area contributed by atoms with Gasteiger partial charge in [-0.05, 0) is 19.1 Å². The first-order chi connectivity index (χ1) is 12.5. The monoisotopic (exact) mass is 373 g/mol. The summed E-state index contributed by atoms with van der Waals surface area (Å²) in [6.45, 7) is 3.92. The number of sulfone groups is 1. The van der Waals surface area contributed by atoms with Gasteiger partial charge in [-0.25, -0.2) is 18.4 Å². The second-order valence-corrected chi connectivity index (χ2v) is 9.18. The summed E-state index contributed by atoms with van der Waals surface area (Å²) in [6.07, 6.45) is 1.54. The third kappa shape index (κ3) is 2.93. The molecule has 3 atom stereocenters. The lowest BCUT2D eigenvalue weighted by Gasteiger charge is -2.24. The molecule has 1 aromatic carbocycles. The molecule has 2 saturated heterocycles. The Morgan fingerprint density at radius 3 is 2.69 bits per heavy atom. The summed E-state index contributed by atoms with van der Waals surface area (Å²) in [7, 11) is -3.11. The van der Waals surface area contributed by atoms with Gasteiger partial charge in [0, 0.05) is 43.3 Å². The lowest BCUT2D eigenvalue weighted by atomic mass is 10.0. The molecule has 8 heteroatoms. The highest BCUT2D eigenvalue weighted by Gasteiger charge is 2.51. The topological polar surface area (TPSA) is 92.4 Å². The van der Waals surface area contributed by atoms with Crippen molar-refractivity contribution >= 4 is 27.2 Å². The van der Waals surface area contributed by atoms with Crippen LogP contribution in [0.5, 0.6) is 0 Å². The van der Waals surface area contributed by atoms with E-state index >= 15 is 0 Å². The van der Waals surface area contributed by atoms with Crippen LogP contribution < -0.4 is 15.5 Å². The van der Waals surface area contributed by atoms with Crippen molar-refractivity contribution in [1.82, 2.24) is 9.97 Å². The zero-order valence-electron chi connectivity index (χ0n) is 14.7. The standard InChI is InChI=1S/C18H23N5O2S/c1-2-23(13-6-4-3-5-7-13)18-8-17(20-12-21-18)22-9-14-15(19)11-26(24,25)16(14)10-22/h3-8,12,14-16H,2,9-11,19H2,1H3/t14-,15+,16-/m1/s1. The molecule has 2 aliphatic rings. The molecule has 2 N–H and O–H groups in total. The molecule has 0 unspecified atom stereocenters. The molecule has 3 heterocycles. The van der Waals surface area contributed by atoms with Crippen molar-refractivity contribution in [3.63, 3.8) is 0 Å². The average Bonchev–Trinajstić information content (AvgIpc) is 3.17. The van der Waals surface area contributed by atoms with E-state index in [4.69, 9.17) is 5.73 Å². The lowest BCUT2D eigenvalue weighted by Crippen LogP contribution is -2.33. The van der Waals surface area contributed by atoms with Crippen LogP contribution in [0.1, 0.15) is 6.92 Å². The Bertz CT molecular complexity index is 889. The van der Waals surface area contributed by atoms with Gasteiger partial charge in [-0.3, -0.25) is 0 Å². The number of anilines is 3. The molecular weight excluding hydrogens is 350 g/mol. The molecule has 0 spiro atoms. The molecule has 0 aliphatic carbocycles. The Morgan fingerprint density at radius 1 is 1.23 bits per heavy atom. The maximum Gasteiger partial charge on any atom is 0.156 e. The van der Waals surface area contributed by atoms with Crippen molar-refractivity contribution in [2.24, 2.45) is 11.7 Å². The van der Waals surface area contributed by atoms with E-state index in [0.717, 1.165) is 23.9 Å². The molecule has 0 bridgehead atoms. The predicted molar refractivity (Wildman–Crippen MR) is 102 cm³/mol. The molecule has 0 saturated carbocycles. The quantitative estimate of drug-likeness (QED) is 0.861. The van der Waals surface area contributed by atoms with Crippen LogP contribution in [0.15, 0.2) is 42.7 Å². The largest absolute Gasteiger partial charge is 0.355 e. The molecule has 2 fully saturated rings. The van der Waals surface area contributed by atoms with Gasteiger partial charge in [0.05, 0.1) is 11.0 Å². The normalized spacial score (nSPS) is 26.7. The maximum atomic E-state index is 12.3. The minimum Gasteiger partial charge on any atom is -0.355 e. The molecule has 0 amide bonds. The molecule has 26 heavy (non-hydrogen) atoms. The van der Waals surface area contributed by atoms with Crippen LogP contribution in [-0.2, 0) is 9.84 Å². The highest BCUT2D eigenvalue weighted by Crippen LogP contribution is 2.35. The van der Waals surface area contributed by atoms with E-state index in [2.05, 4.69) is 21.8 Å². The fourth-order valence-corrected chi connectivity index (χ4v) is 6.29. The van der Waals surface area contributed by atoms with Gasteiger partial charge in [-0.15, -0.1) is 0 Å². The fraction of sp³-hybridized carbons (Fsp3) is 0.444. The second-order valence-electron chi connectivity index (χ2n) is 6.91. The average molecular weight is 373 g/mol. The highest BCUT2D eigenvalue weighted by atomic mass is 32.2. The van der Waals surface area contributed by atoms with Crippen LogP contribution in [0.4, 0.5) is 17.3 Å². The number of hydrogen-bond acceptors (Lipinski definition) is 7. The lowest BCUT2D eigenvalue weighted by molar-refractivity contribution is 0.523. The number of nitrogens with zero attached hydrogens (tertiary/aromatic N) is 4. The summed E-state index contributed by atoms with van der Waals surface area (Å²) >= 11 is 0. The van der Waals surface area contributed by atoms with Crippen molar-refractivity contribution < 1.29 is 8.42 Å². The molecular formula is C18H23N5O2S. The van der Waals surface area contributed by atoms with Gasteiger partial charge in [-0.1, -0.05) is 18.2 Å².